The molecule has 8 heteroatoms. The molecule has 0 saturated heterocycles. The van der Waals surface area contributed by atoms with Crippen LogP contribution in [0.25, 0.3) is 0 Å². The molecule has 156 valence electrons. The summed E-state index contributed by atoms with van der Waals surface area (Å²) in [6, 6.07) is 13.8. The normalized spacial score (nSPS) is 12.8. The van der Waals surface area contributed by atoms with E-state index in [0.29, 0.717) is 32.2 Å². The van der Waals surface area contributed by atoms with Gasteiger partial charge < -0.3 is 4.90 Å². The van der Waals surface area contributed by atoms with Gasteiger partial charge in [-0.3, -0.25) is 29.4 Å². The van der Waals surface area contributed by atoms with E-state index >= 15 is 0 Å². The Labute approximate surface area is 174 Å². The second-order valence-electron chi connectivity index (χ2n) is 7.26. The Morgan fingerprint density at radius 1 is 1.00 bits per heavy atom. The first-order chi connectivity index (χ1) is 14.4. The van der Waals surface area contributed by atoms with Gasteiger partial charge in [-0.25, -0.2) is 0 Å². The quantitative estimate of drug-likeness (QED) is 0.273. The van der Waals surface area contributed by atoms with Crippen LogP contribution in [-0.4, -0.2) is 46.0 Å². The van der Waals surface area contributed by atoms with Crippen molar-refractivity contribution in [3.05, 3.63) is 75.3 Å². The molecule has 0 radical (unpaired) electrons. The van der Waals surface area contributed by atoms with Gasteiger partial charge in [-0.05, 0) is 24.5 Å². The summed E-state index contributed by atoms with van der Waals surface area (Å²) >= 11 is 0. The molecular weight excluding hydrogens is 386 g/mol. The zero-order chi connectivity index (χ0) is 21.7. The van der Waals surface area contributed by atoms with Crippen molar-refractivity contribution in [2.75, 3.05) is 13.6 Å². The van der Waals surface area contributed by atoms with Gasteiger partial charge in [0.15, 0.2) is 0 Å². The highest BCUT2D eigenvalue weighted by atomic mass is 16.6. The smallest absolute Gasteiger partial charge is 0.282 e. The van der Waals surface area contributed by atoms with Crippen LogP contribution in [0.5, 0.6) is 0 Å². The zero-order valence-electron chi connectivity index (χ0n) is 16.7. The van der Waals surface area contributed by atoms with Gasteiger partial charge in [0.1, 0.15) is 5.56 Å². The minimum absolute atomic E-state index is 0.0372. The summed E-state index contributed by atoms with van der Waals surface area (Å²) in [7, 11) is 1.76. The molecule has 3 amide bonds. The van der Waals surface area contributed by atoms with Crippen LogP contribution in [0.1, 0.15) is 52.0 Å². The molecule has 0 aliphatic carbocycles. The third-order valence-corrected chi connectivity index (χ3v) is 5.13. The van der Waals surface area contributed by atoms with Crippen molar-refractivity contribution in [3.8, 4) is 0 Å². The van der Waals surface area contributed by atoms with Crippen molar-refractivity contribution in [3.63, 3.8) is 0 Å². The Hall–Kier alpha value is -3.55. The molecule has 0 atom stereocenters. The SMILES string of the molecule is CN(Cc1ccccc1)C(=O)CCCCCN1C(=O)c2cccc([N+](=O)[O-])c2C1=O. The van der Waals surface area contributed by atoms with Crippen LogP contribution in [0.2, 0.25) is 0 Å². The molecule has 0 aromatic heterocycles. The van der Waals surface area contributed by atoms with E-state index in [0.717, 1.165) is 10.5 Å². The van der Waals surface area contributed by atoms with Crippen molar-refractivity contribution in [1.29, 1.82) is 0 Å². The molecule has 30 heavy (non-hydrogen) atoms. The van der Waals surface area contributed by atoms with E-state index in [2.05, 4.69) is 0 Å². The molecule has 0 fully saturated rings. The largest absolute Gasteiger partial charge is 0.341 e. The molecule has 0 bridgehead atoms. The number of nitrogens with zero attached hydrogens (tertiary/aromatic N) is 3. The third kappa shape index (κ3) is 4.53. The molecule has 0 saturated carbocycles. The Morgan fingerprint density at radius 3 is 2.43 bits per heavy atom. The minimum Gasteiger partial charge on any atom is -0.341 e. The first-order valence-corrected chi connectivity index (χ1v) is 9.81. The van der Waals surface area contributed by atoms with E-state index in [4.69, 9.17) is 0 Å². The number of hydrogen-bond acceptors (Lipinski definition) is 5. The molecule has 0 unspecified atom stereocenters. The first kappa shape index (κ1) is 21.2. The average Bonchev–Trinajstić information content (AvgIpc) is 2.98. The summed E-state index contributed by atoms with van der Waals surface area (Å²) in [5.41, 5.74) is 0.658. The van der Waals surface area contributed by atoms with Crippen molar-refractivity contribution in [2.24, 2.45) is 0 Å². The molecule has 3 rings (SSSR count). The Morgan fingerprint density at radius 2 is 1.73 bits per heavy atom. The number of imide groups is 1. The summed E-state index contributed by atoms with van der Waals surface area (Å²) in [4.78, 5) is 50.4. The molecule has 8 nitrogen and oxygen atoms in total. The van der Waals surface area contributed by atoms with Gasteiger partial charge in [-0.1, -0.05) is 42.8 Å². The summed E-state index contributed by atoms with van der Waals surface area (Å²) in [6.07, 6.45) is 2.23. The highest BCUT2D eigenvalue weighted by Gasteiger charge is 2.40. The van der Waals surface area contributed by atoms with Crippen molar-refractivity contribution in [1.82, 2.24) is 9.80 Å². The number of fused-ring (bicyclic) bond motifs is 1. The van der Waals surface area contributed by atoms with Gasteiger partial charge in [0.2, 0.25) is 5.91 Å². The average molecular weight is 409 g/mol. The van der Waals surface area contributed by atoms with E-state index in [1.54, 1.807) is 11.9 Å². The number of carbonyl (C=O) groups is 3. The van der Waals surface area contributed by atoms with Gasteiger partial charge in [-0.15, -0.1) is 0 Å². The molecule has 0 N–H and O–H groups in total. The second-order valence-corrected chi connectivity index (χ2v) is 7.26. The number of unbranched alkanes of at least 4 members (excludes halogenated alkanes) is 2. The van der Waals surface area contributed by atoms with Gasteiger partial charge in [0, 0.05) is 32.6 Å². The number of rotatable bonds is 9. The molecule has 2 aromatic rings. The third-order valence-electron chi connectivity index (χ3n) is 5.13. The fraction of sp³-hybridized carbons (Fsp3) is 0.318. The lowest BCUT2D eigenvalue weighted by atomic mass is 10.1. The first-order valence-electron chi connectivity index (χ1n) is 9.81. The van der Waals surface area contributed by atoms with Crippen LogP contribution in [0, 0.1) is 10.1 Å². The predicted molar refractivity (Wildman–Crippen MR) is 110 cm³/mol. The number of carbonyl (C=O) groups excluding carboxylic acids is 3. The highest BCUT2D eigenvalue weighted by Crippen LogP contribution is 2.30. The Balaban J connectivity index is 1.45. The Bertz CT molecular complexity index is 974. The predicted octanol–water partition coefficient (Wildman–Crippen LogP) is 3.41. The van der Waals surface area contributed by atoms with E-state index in [-0.39, 0.29) is 29.3 Å². The molecular formula is C22H23N3O5. The van der Waals surface area contributed by atoms with E-state index in [9.17, 15) is 24.5 Å². The van der Waals surface area contributed by atoms with Crippen molar-refractivity contribution < 1.29 is 19.3 Å². The molecule has 2 aromatic carbocycles. The molecule has 1 aliphatic heterocycles. The number of benzene rings is 2. The minimum atomic E-state index is -0.648. The lowest BCUT2D eigenvalue weighted by Gasteiger charge is -2.17. The second kappa shape index (κ2) is 9.30. The molecule has 1 aliphatic rings. The molecule has 0 spiro atoms. The summed E-state index contributed by atoms with van der Waals surface area (Å²) in [6.45, 7) is 0.727. The fourth-order valence-electron chi connectivity index (χ4n) is 3.53. The van der Waals surface area contributed by atoms with Gasteiger partial charge in [0.25, 0.3) is 17.5 Å². The van der Waals surface area contributed by atoms with Gasteiger partial charge in [0.05, 0.1) is 10.5 Å². The topological polar surface area (TPSA) is 101 Å². The maximum absolute atomic E-state index is 12.5. The number of nitro groups is 1. The zero-order valence-corrected chi connectivity index (χ0v) is 16.7. The van der Waals surface area contributed by atoms with Crippen LogP contribution >= 0.6 is 0 Å². The Kier molecular flexibility index (Phi) is 6.56. The lowest BCUT2D eigenvalue weighted by Crippen LogP contribution is -2.31. The van der Waals surface area contributed by atoms with Crippen LogP contribution in [-0.2, 0) is 11.3 Å². The number of amides is 3. The van der Waals surface area contributed by atoms with E-state index in [1.807, 2.05) is 30.3 Å². The number of hydrogen-bond donors (Lipinski definition) is 0. The maximum Gasteiger partial charge on any atom is 0.282 e. The van der Waals surface area contributed by atoms with Crippen LogP contribution < -0.4 is 0 Å². The summed E-state index contributed by atoms with van der Waals surface area (Å²) < 4.78 is 0. The van der Waals surface area contributed by atoms with Gasteiger partial charge in [-0.2, -0.15) is 0 Å². The standard InChI is InChI=1S/C22H23N3O5/c1-23(15-16-9-4-2-5-10-16)19(26)13-6-3-7-14-24-21(27)17-11-8-12-18(25(29)30)20(17)22(24)28/h2,4-5,8-12H,3,6-7,13-15H2,1H3. The van der Waals surface area contributed by atoms with Crippen molar-refractivity contribution >= 4 is 23.4 Å². The van der Waals surface area contributed by atoms with Crippen LogP contribution in [0.4, 0.5) is 5.69 Å². The van der Waals surface area contributed by atoms with Crippen LogP contribution in [0.15, 0.2) is 48.5 Å². The van der Waals surface area contributed by atoms with E-state index in [1.165, 1.54) is 18.2 Å². The summed E-state index contributed by atoms with van der Waals surface area (Å²) in [5, 5.41) is 11.1. The maximum atomic E-state index is 12.5. The van der Waals surface area contributed by atoms with Crippen LogP contribution in [0.3, 0.4) is 0 Å². The molecule has 1 heterocycles. The van der Waals surface area contributed by atoms with Crippen molar-refractivity contribution in [2.45, 2.75) is 32.2 Å². The monoisotopic (exact) mass is 409 g/mol. The highest BCUT2D eigenvalue weighted by molar-refractivity contribution is 6.23. The summed E-state index contributed by atoms with van der Waals surface area (Å²) in [5.74, 6) is -1.09. The number of nitro benzene ring substituents is 1. The van der Waals surface area contributed by atoms with Gasteiger partial charge >= 0.3 is 0 Å². The van der Waals surface area contributed by atoms with E-state index < -0.39 is 16.7 Å². The lowest BCUT2D eigenvalue weighted by molar-refractivity contribution is -0.385. The fourth-order valence-corrected chi connectivity index (χ4v) is 3.53.